The quantitative estimate of drug-likeness (QED) is 0.574. The average molecular weight is 409 g/mol. The third-order valence-corrected chi connectivity index (χ3v) is 5.42. The fraction of sp³-hybridized carbons (Fsp3) is 0.333. The molecule has 2 aromatic carbocycles. The second-order valence-electron chi connectivity index (χ2n) is 7.72. The molecule has 1 atom stereocenters. The largest absolute Gasteiger partial charge is 0.338 e. The molecule has 1 heterocycles. The molecule has 1 aromatic heterocycles. The van der Waals surface area contributed by atoms with Gasteiger partial charge in [0.15, 0.2) is 0 Å². The maximum atomic E-state index is 13.1. The van der Waals surface area contributed by atoms with E-state index in [0.29, 0.717) is 6.54 Å². The Kier molecular flexibility index (Phi) is 7.36. The molecule has 1 N–H and O–H groups in total. The molecule has 3 rings (SSSR count). The van der Waals surface area contributed by atoms with Crippen LogP contribution in [0.15, 0.2) is 60.7 Å². The van der Waals surface area contributed by atoms with Gasteiger partial charge < -0.3 is 4.90 Å². The van der Waals surface area contributed by atoms with Gasteiger partial charge in [-0.25, -0.2) is 4.39 Å². The normalized spacial score (nSPS) is 12.2. The number of nitrogens with one attached hydrogen (secondary N) is 1. The van der Waals surface area contributed by atoms with Gasteiger partial charge >= 0.3 is 0 Å². The zero-order valence-corrected chi connectivity index (χ0v) is 17.8. The monoisotopic (exact) mass is 408 g/mol. The summed E-state index contributed by atoms with van der Waals surface area (Å²) in [4.78, 5) is 16.5. The summed E-state index contributed by atoms with van der Waals surface area (Å²) in [6.07, 6.45) is 1.75. The van der Waals surface area contributed by atoms with E-state index >= 15 is 0 Å². The second-order valence-corrected chi connectivity index (χ2v) is 7.72. The number of rotatable bonds is 9. The summed E-state index contributed by atoms with van der Waals surface area (Å²) >= 11 is 0. The van der Waals surface area contributed by atoms with Gasteiger partial charge in [0.1, 0.15) is 5.82 Å². The Balaban J connectivity index is 1.44. The zero-order chi connectivity index (χ0) is 21.5. The van der Waals surface area contributed by atoms with E-state index in [1.54, 1.807) is 17.0 Å². The van der Waals surface area contributed by atoms with Gasteiger partial charge in [-0.3, -0.25) is 14.8 Å². The fourth-order valence-corrected chi connectivity index (χ4v) is 3.39. The van der Waals surface area contributed by atoms with Crippen LogP contribution in [0.25, 0.3) is 11.3 Å². The summed E-state index contributed by atoms with van der Waals surface area (Å²) < 4.78 is 13.1. The van der Waals surface area contributed by atoms with Crippen molar-refractivity contribution in [2.45, 2.75) is 25.8 Å². The van der Waals surface area contributed by atoms with Crippen molar-refractivity contribution < 1.29 is 9.18 Å². The van der Waals surface area contributed by atoms with E-state index in [-0.39, 0.29) is 17.8 Å². The van der Waals surface area contributed by atoms with Crippen LogP contribution in [0.1, 0.15) is 30.6 Å². The van der Waals surface area contributed by atoms with Crippen molar-refractivity contribution in [1.29, 1.82) is 0 Å². The molecular formula is C24H29FN4O. The smallest absolute Gasteiger partial charge is 0.236 e. The summed E-state index contributed by atoms with van der Waals surface area (Å²) in [5, 5.41) is 7.36. The van der Waals surface area contributed by atoms with Crippen molar-refractivity contribution in [3.05, 3.63) is 77.7 Å². The molecule has 0 aliphatic carbocycles. The molecule has 0 fully saturated rings. The fourth-order valence-electron chi connectivity index (χ4n) is 3.39. The zero-order valence-electron chi connectivity index (χ0n) is 17.8. The van der Waals surface area contributed by atoms with Gasteiger partial charge in [-0.15, -0.1) is 0 Å². The lowest BCUT2D eigenvalue weighted by atomic mass is 10.1. The highest BCUT2D eigenvalue weighted by Crippen LogP contribution is 2.19. The van der Waals surface area contributed by atoms with Gasteiger partial charge in [-0.05, 0) is 69.3 Å². The number of amides is 1. The number of halogens is 1. The van der Waals surface area contributed by atoms with Crippen molar-refractivity contribution in [2.75, 3.05) is 27.2 Å². The number of aromatic nitrogens is 2. The van der Waals surface area contributed by atoms with Crippen LogP contribution in [-0.4, -0.2) is 53.1 Å². The highest BCUT2D eigenvalue weighted by molar-refractivity contribution is 5.78. The SMILES string of the molecule is CC(c1ccccc1)N(C)C(=O)CN(C)CCCc1cc(-c2ccc(F)cc2)n[nH]1. The molecule has 0 aliphatic rings. The van der Waals surface area contributed by atoms with E-state index in [1.807, 2.05) is 62.3 Å². The van der Waals surface area contributed by atoms with E-state index in [2.05, 4.69) is 10.2 Å². The van der Waals surface area contributed by atoms with Crippen LogP contribution in [0.3, 0.4) is 0 Å². The topological polar surface area (TPSA) is 52.2 Å². The summed E-state index contributed by atoms with van der Waals surface area (Å²) in [5.74, 6) is -0.148. The Labute approximate surface area is 177 Å². The predicted octanol–water partition coefficient (Wildman–Crippen LogP) is 4.30. The number of aryl methyl sites for hydroxylation is 1. The van der Waals surface area contributed by atoms with Crippen molar-refractivity contribution in [3.63, 3.8) is 0 Å². The number of carbonyl (C=O) groups excluding carboxylic acids is 1. The van der Waals surface area contributed by atoms with Gasteiger partial charge in [-0.2, -0.15) is 5.10 Å². The van der Waals surface area contributed by atoms with Crippen LogP contribution in [0.2, 0.25) is 0 Å². The third-order valence-electron chi connectivity index (χ3n) is 5.42. The van der Waals surface area contributed by atoms with Crippen LogP contribution in [-0.2, 0) is 11.2 Å². The predicted molar refractivity (Wildman–Crippen MR) is 117 cm³/mol. The number of hydrogen-bond donors (Lipinski definition) is 1. The van der Waals surface area contributed by atoms with Crippen molar-refractivity contribution >= 4 is 5.91 Å². The lowest BCUT2D eigenvalue weighted by molar-refractivity contribution is -0.132. The van der Waals surface area contributed by atoms with Gasteiger partial charge in [0.2, 0.25) is 5.91 Å². The molecule has 0 radical (unpaired) electrons. The maximum absolute atomic E-state index is 13.1. The number of H-pyrrole nitrogens is 1. The maximum Gasteiger partial charge on any atom is 0.236 e. The molecule has 0 aliphatic heterocycles. The highest BCUT2D eigenvalue weighted by atomic mass is 19.1. The summed E-state index contributed by atoms with van der Waals surface area (Å²) in [5.41, 5.74) is 3.86. The molecule has 0 saturated heterocycles. The summed E-state index contributed by atoms with van der Waals surface area (Å²) in [7, 11) is 3.82. The number of aromatic amines is 1. The van der Waals surface area contributed by atoms with Gasteiger partial charge in [0.25, 0.3) is 0 Å². The van der Waals surface area contributed by atoms with E-state index in [9.17, 15) is 9.18 Å². The first-order valence-corrected chi connectivity index (χ1v) is 10.2. The van der Waals surface area contributed by atoms with E-state index in [4.69, 9.17) is 0 Å². The van der Waals surface area contributed by atoms with Gasteiger partial charge in [-0.1, -0.05) is 30.3 Å². The standard InChI is InChI=1S/C24H29FN4O/c1-18(19-8-5-4-6-9-19)29(3)24(30)17-28(2)15-7-10-22-16-23(27-26-22)20-11-13-21(25)14-12-20/h4-6,8-9,11-14,16,18H,7,10,15,17H2,1-3H3,(H,26,27). The molecule has 0 saturated carbocycles. The van der Waals surface area contributed by atoms with Crippen molar-refractivity contribution in [2.24, 2.45) is 0 Å². The molecular weight excluding hydrogens is 379 g/mol. The minimum atomic E-state index is -0.254. The molecule has 3 aromatic rings. The molecule has 1 amide bonds. The molecule has 5 nitrogen and oxygen atoms in total. The Morgan fingerprint density at radius 3 is 2.50 bits per heavy atom. The minimum absolute atomic E-state index is 0.0435. The number of nitrogens with zero attached hydrogens (tertiary/aromatic N) is 3. The summed E-state index contributed by atoms with van der Waals surface area (Å²) in [6, 6.07) is 18.4. The number of hydrogen-bond acceptors (Lipinski definition) is 3. The van der Waals surface area contributed by atoms with Crippen LogP contribution in [0, 0.1) is 5.82 Å². The highest BCUT2D eigenvalue weighted by Gasteiger charge is 2.18. The van der Waals surface area contributed by atoms with Crippen LogP contribution >= 0.6 is 0 Å². The Morgan fingerprint density at radius 2 is 1.80 bits per heavy atom. The lowest BCUT2D eigenvalue weighted by Crippen LogP contribution is -2.38. The van der Waals surface area contributed by atoms with Gasteiger partial charge in [0.05, 0.1) is 18.3 Å². The number of likely N-dealkylation sites (N-methyl/N-ethyl adjacent to an activating group) is 2. The molecule has 0 spiro atoms. The second kappa shape index (κ2) is 10.2. The Morgan fingerprint density at radius 1 is 1.10 bits per heavy atom. The number of benzene rings is 2. The van der Waals surface area contributed by atoms with E-state index < -0.39 is 0 Å². The Bertz CT molecular complexity index is 939. The first-order valence-electron chi connectivity index (χ1n) is 10.2. The van der Waals surface area contributed by atoms with Crippen LogP contribution in [0.5, 0.6) is 0 Å². The summed E-state index contributed by atoms with van der Waals surface area (Å²) in [6.45, 7) is 3.24. The minimum Gasteiger partial charge on any atom is -0.338 e. The van der Waals surface area contributed by atoms with E-state index in [0.717, 1.165) is 41.9 Å². The first kappa shape index (κ1) is 21.7. The lowest BCUT2D eigenvalue weighted by Gasteiger charge is -2.27. The molecule has 6 heteroatoms. The first-order chi connectivity index (χ1) is 14.4. The van der Waals surface area contributed by atoms with Crippen molar-refractivity contribution in [1.82, 2.24) is 20.0 Å². The number of carbonyl (C=O) groups is 1. The molecule has 1 unspecified atom stereocenters. The average Bonchev–Trinajstić information content (AvgIpc) is 3.22. The van der Waals surface area contributed by atoms with Crippen molar-refractivity contribution in [3.8, 4) is 11.3 Å². The molecule has 0 bridgehead atoms. The molecule has 30 heavy (non-hydrogen) atoms. The van der Waals surface area contributed by atoms with Gasteiger partial charge in [0, 0.05) is 18.3 Å². The van der Waals surface area contributed by atoms with E-state index in [1.165, 1.54) is 12.1 Å². The third kappa shape index (κ3) is 5.76. The van der Waals surface area contributed by atoms with Crippen LogP contribution < -0.4 is 0 Å². The molecule has 158 valence electrons. The van der Waals surface area contributed by atoms with Crippen LogP contribution in [0.4, 0.5) is 4.39 Å². The Hall–Kier alpha value is -2.99.